The summed E-state index contributed by atoms with van der Waals surface area (Å²) >= 11 is 0. The number of nitrogens with one attached hydrogen (secondary N) is 1. The van der Waals surface area contributed by atoms with Gasteiger partial charge in [0.2, 0.25) is 0 Å². The van der Waals surface area contributed by atoms with E-state index in [1.807, 2.05) is 0 Å². The van der Waals surface area contributed by atoms with Gasteiger partial charge in [0.1, 0.15) is 0 Å². The highest BCUT2D eigenvalue weighted by molar-refractivity contribution is 5.29. The SMILES string of the molecule is FC(F)(F)c1ccc(C2CCCC23CCNCC3)cc1. The van der Waals surface area contributed by atoms with Gasteiger partial charge in [-0.15, -0.1) is 0 Å². The monoisotopic (exact) mass is 283 g/mol. The molecule has 4 heteroatoms. The van der Waals surface area contributed by atoms with Crippen LogP contribution in [0.3, 0.4) is 0 Å². The van der Waals surface area contributed by atoms with E-state index in [1.165, 1.54) is 25.0 Å². The number of benzene rings is 1. The van der Waals surface area contributed by atoms with Crippen LogP contribution < -0.4 is 5.32 Å². The van der Waals surface area contributed by atoms with Crippen molar-refractivity contribution in [3.63, 3.8) is 0 Å². The van der Waals surface area contributed by atoms with Gasteiger partial charge in [0.05, 0.1) is 5.56 Å². The zero-order chi connectivity index (χ0) is 14.2. The molecule has 1 aromatic carbocycles. The van der Waals surface area contributed by atoms with E-state index in [0.29, 0.717) is 11.3 Å². The lowest BCUT2D eigenvalue weighted by molar-refractivity contribution is -0.137. The summed E-state index contributed by atoms with van der Waals surface area (Å²) < 4.78 is 37.9. The minimum atomic E-state index is -4.24. The van der Waals surface area contributed by atoms with Gasteiger partial charge in [-0.25, -0.2) is 0 Å². The standard InChI is InChI=1S/C16H20F3N/c17-16(18,19)13-5-3-12(4-6-13)14-2-1-7-15(14)8-10-20-11-9-15/h3-6,14,20H,1-2,7-11H2. The normalized spacial score (nSPS) is 26.1. The van der Waals surface area contributed by atoms with E-state index in [1.54, 1.807) is 12.1 Å². The van der Waals surface area contributed by atoms with Crippen LogP contribution >= 0.6 is 0 Å². The van der Waals surface area contributed by atoms with Crippen molar-refractivity contribution in [2.75, 3.05) is 13.1 Å². The molecule has 1 aromatic rings. The lowest BCUT2D eigenvalue weighted by Crippen LogP contribution is -2.38. The van der Waals surface area contributed by atoms with Crippen molar-refractivity contribution in [3.8, 4) is 0 Å². The van der Waals surface area contributed by atoms with E-state index in [4.69, 9.17) is 0 Å². The smallest absolute Gasteiger partial charge is 0.317 e. The fourth-order valence-corrected chi connectivity index (χ4v) is 4.09. The average molecular weight is 283 g/mol. The molecule has 1 saturated heterocycles. The lowest BCUT2D eigenvalue weighted by Gasteiger charge is -2.39. The van der Waals surface area contributed by atoms with Crippen molar-refractivity contribution in [1.82, 2.24) is 5.32 Å². The Kier molecular flexibility index (Phi) is 3.53. The maximum atomic E-state index is 12.6. The first-order chi connectivity index (χ1) is 9.51. The Balaban J connectivity index is 1.84. The molecular formula is C16H20F3N. The number of piperidine rings is 1. The summed E-state index contributed by atoms with van der Waals surface area (Å²) in [4.78, 5) is 0. The van der Waals surface area contributed by atoms with Crippen LogP contribution in [0, 0.1) is 5.41 Å². The molecule has 1 nitrogen and oxygen atoms in total. The Morgan fingerprint density at radius 1 is 1.00 bits per heavy atom. The predicted molar refractivity (Wildman–Crippen MR) is 72.6 cm³/mol. The van der Waals surface area contributed by atoms with E-state index >= 15 is 0 Å². The van der Waals surface area contributed by atoms with Crippen molar-refractivity contribution in [2.45, 2.75) is 44.2 Å². The van der Waals surface area contributed by atoms with E-state index in [2.05, 4.69) is 5.32 Å². The fourth-order valence-electron chi connectivity index (χ4n) is 4.09. The quantitative estimate of drug-likeness (QED) is 0.808. The third-order valence-electron chi connectivity index (χ3n) is 5.15. The maximum Gasteiger partial charge on any atom is 0.416 e. The molecule has 0 bridgehead atoms. The van der Waals surface area contributed by atoms with Gasteiger partial charge in [0, 0.05) is 0 Å². The van der Waals surface area contributed by atoms with Crippen LogP contribution in [-0.4, -0.2) is 13.1 Å². The Hall–Kier alpha value is -1.03. The summed E-state index contributed by atoms with van der Waals surface area (Å²) in [6.45, 7) is 2.08. The van der Waals surface area contributed by atoms with Crippen LogP contribution in [0.2, 0.25) is 0 Å². The molecule has 1 aliphatic carbocycles. The molecule has 1 heterocycles. The van der Waals surface area contributed by atoms with Crippen molar-refractivity contribution in [2.24, 2.45) is 5.41 Å². The van der Waals surface area contributed by atoms with Crippen molar-refractivity contribution >= 4 is 0 Å². The van der Waals surface area contributed by atoms with E-state index in [-0.39, 0.29) is 0 Å². The Labute approximate surface area is 117 Å². The summed E-state index contributed by atoms with van der Waals surface area (Å²) in [5.41, 5.74) is 0.876. The van der Waals surface area contributed by atoms with E-state index in [0.717, 1.165) is 37.9 Å². The minimum Gasteiger partial charge on any atom is -0.317 e. The van der Waals surface area contributed by atoms with Crippen LogP contribution in [0.5, 0.6) is 0 Å². The summed E-state index contributed by atoms with van der Waals surface area (Å²) in [5, 5.41) is 3.39. The van der Waals surface area contributed by atoms with Gasteiger partial charge in [-0.05, 0) is 67.8 Å². The summed E-state index contributed by atoms with van der Waals surface area (Å²) in [5.74, 6) is 0.437. The lowest BCUT2D eigenvalue weighted by atomic mass is 9.68. The first-order valence-corrected chi connectivity index (χ1v) is 7.39. The molecule has 3 rings (SSSR count). The van der Waals surface area contributed by atoms with E-state index < -0.39 is 11.7 Å². The molecule has 20 heavy (non-hydrogen) atoms. The molecule has 1 saturated carbocycles. The third-order valence-corrected chi connectivity index (χ3v) is 5.15. The Morgan fingerprint density at radius 3 is 2.25 bits per heavy atom. The van der Waals surface area contributed by atoms with Gasteiger partial charge in [-0.3, -0.25) is 0 Å². The summed E-state index contributed by atoms with van der Waals surface area (Å²) in [6, 6.07) is 5.87. The van der Waals surface area contributed by atoms with Crippen LogP contribution in [0.25, 0.3) is 0 Å². The summed E-state index contributed by atoms with van der Waals surface area (Å²) in [7, 11) is 0. The molecule has 2 fully saturated rings. The second kappa shape index (κ2) is 5.06. The van der Waals surface area contributed by atoms with Crippen molar-refractivity contribution in [3.05, 3.63) is 35.4 Å². The number of alkyl halides is 3. The zero-order valence-corrected chi connectivity index (χ0v) is 11.5. The molecule has 2 aliphatic rings. The number of hydrogen-bond donors (Lipinski definition) is 1. The van der Waals surface area contributed by atoms with Crippen LogP contribution in [0.15, 0.2) is 24.3 Å². The molecule has 1 aliphatic heterocycles. The van der Waals surface area contributed by atoms with Gasteiger partial charge >= 0.3 is 6.18 Å². The van der Waals surface area contributed by atoms with Gasteiger partial charge in [0.25, 0.3) is 0 Å². The van der Waals surface area contributed by atoms with Gasteiger partial charge in [-0.1, -0.05) is 18.6 Å². The Bertz CT molecular complexity index is 458. The average Bonchev–Trinajstić information content (AvgIpc) is 2.82. The van der Waals surface area contributed by atoms with Crippen LogP contribution in [0.4, 0.5) is 13.2 Å². The second-order valence-electron chi connectivity index (χ2n) is 6.18. The maximum absolute atomic E-state index is 12.6. The molecule has 1 N–H and O–H groups in total. The van der Waals surface area contributed by atoms with Crippen LogP contribution in [0.1, 0.15) is 49.1 Å². The van der Waals surface area contributed by atoms with Crippen LogP contribution in [-0.2, 0) is 6.18 Å². The minimum absolute atomic E-state index is 0.324. The second-order valence-corrected chi connectivity index (χ2v) is 6.18. The molecule has 0 amide bonds. The third kappa shape index (κ3) is 2.46. The highest BCUT2D eigenvalue weighted by atomic mass is 19.4. The fraction of sp³-hybridized carbons (Fsp3) is 0.625. The van der Waals surface area contributed by atoms with Gasteiger partial charge in [-0.2, -0.15) is 13.2 Å². The zero-order valence-electron chi connectivity index (χ0n) is 11.5. The van der Waals surface area contributed by atoms with Gasteiger partial charge < -0.3 is 5.32 Å². The molecule has 110 valence electrons. The molecule has 1 atom stereocenters. The number of rotatable bonds is 1. The first-order valence-electron chi connectivity index (χ1n) is 7.39. The topological polar surface area (TPSA) is 12.0 Å². The number of halogens is 3. The molecular weight excluding hydrogens is 263 g/mol. The largest absolute Gasteiger partial charge is 0.416 e. The van der Waals surface area contributed by atoms with Crippen molar-refractivity contribution < 1.29 is 13.2 Å². The van der Waals surface area contributed by atoms with Gasteiger partial charge in [0.15, 0.2) is 0 Å². The first kappa shape index (κ1) is 13.9. The molecule has 1 spiro atoms. The predicted octanol–water partition coefficient (Wildman–Crippen LogP) is 4.34. The summed E-state index contributed by atoms with van der Waals surface area (Å²) in [6.07, 6.45) is 1.61. The molecule has 0 aromatic heterocycles. The Morgan fingerprint density at radius 2 is 1.65 bits per heavy atom. The molecule has 1 unspecified atom stereocenters. The highest BCUT2D eigenvalue weighted by Crippen LogP contribution is 2.54. The number of hydrogen-bond acceptors (Lipinski definition) is 1. The van der Waals surface area contributed by atoms with Crippen molar-refractivity contribution in [1.29, 1.82) is 0 Å². The molecule has 0 radical (unpaired) electrons. The van der Waals surface area contributed by atoms with E-state index in [9.17, 15) is 13.2 Å². The highest BCUT2D eigenvalue weighted by Gasteiger charge is 2.44.